The molecule has 0 aliphatic carbocycles. The topological polar surface area (TPSA) is 59.1 Å². The van der Waals surface area contributed by atoms with Gasteiger partial charge in [0.25, 0.3) is 0 Å². The first-order chi connectivity index (χ1) is 9.28. The van der Waals surface area contributed by atoms with Crippen LogP contribution in [-0.2, 0) is 17.6 Å². The van der Waals surface area contributed by atoms with E-state index in [-0.39, 0.29) is 12.1 Å². The van der Waals surface area contributed by atoms with Gasteiger partial charge in [-0.25, -0.2) is 4.98 Å². The Hall–Kier alpha value is -1.20. The van der Waals surface area contributed by atoms with Gasteiger partial charge in [0, 0.05) is 25.9 Å². The summed E-state index contributed by atoms with van der Waals surface area (Å²) in [5, 5.41) is 6.87. The Bertz CT molecular complexity index is 410. The first-order valence-electron chi connectivity index (χ1n) is 7.22. The summed E-state index contributed by atoms with van der Waals surface area (Å²) in [6.07, 6.45) is 3.88. The third kappa shape index (κ3) is 3.42. The van der Waals surface area contributed by atoms with E-state index in [0.717, 1.165) is 49.7 Å². The molecule has 106 valence electrons. The van der Waals surface area contributed by atoms with Gasteiger partial charge in [-0.15, -0.1) is 0 Å². The molecular formula is C14H24N4O. The van der Waals surface area contributed by atoms with Crippen molar-refractivity contribution in [3.8, 4) is 0 Å². The first kappa shape index (κ1) is 14.2. The molecule has 1 aromatic rings. The van der Waals surface area contributed by atoms with Crippen LogP contribution in [0.1, 0.15) is 32.2 Å². The maximum atomic E-state index is 5.74. The summed E-state index contributed by atoms with van der Waals surface area (Å²) in [7, 11) is 0. The lowest BCUT2D eigenvalue weighted by atomic mass is 10.2. The molecule has 2 N–H and O–H groups in total. The zero-order chi connectivity index (χ0) is 13.7. The van der Waals surface area contributed by atoms with Crippen molar-refractivity contribution in [3.63, 3.8) is 0 Å². The summed E-state index contributed by atoms with van der Waals surface area (Å²) >= 11 is 0. The molecule has 0 aromatic carbocycles. The molecule has 1 aliphatic rings. The second-order valence-electron chi connectivity index (χ2n) is 4.77. The van der Waals surface area contributed by atoms with Gasteiger partial charge in [-0.2, -0.15) is 0 Å². The Kier molecular flexibility index (Phi) is 5.10. The van der Waals surface area contributed by atoms with Crippen LogP contribution in [0.5, 0.6) is 0 Å². The van der Waals surface area contributed by atoms with Gasteiger partial charge >= 0.3 is 0 Å². The molecule has 2 heterocycles. The fourth-order valence-corrected chi connectivity index (χ4v) is 2.36. The molecular weight excluding hydrogens is 240 g/mol. The monoisotopic (exact) mass is 264 g/mol. The first-order valence-corrected chi connectivity index (χ1v) is 7.22. The van der Waals surface area contributed by atoms with E-state index in [1.807, 2.05) is 13.1 Å². The smallest absolute Gasteiger partial charge is 0.148 e. The average Bonchev–Trinajstić information content (AvgIpc) is 2.86. The van der Waals surface area contributed by atoms with E-state index >= 15 is 0 Å². The third-order valence-electron chi connectivity index (χ3n) is 3.46. The Morgan fingerprint density at radius 1 is 1.32 bits per heavy atom. The standard InChI is InChI=1S/C14H24N4O/c1-4-10-7-16-11(5-2)14(17-10)18-12-8-15-9-13(12)19-6-3/h7,12-13,15H,4-6,8-9H2,1-3H3,(H,17,18). The number of aryl methyl sites for hydroxylation is 2. The van der Waals surface area contributed by atoms with E-state index < -0.39 is 0 Å². The zero-order valence-corrected chi connectivity index (χ0v) is 12.1. The Labute approximate surface area is 115 Å². The van der Waals surface area contributed by atoms with E-state index in [1.165, 1.54) is 0 Å². The van der Waals surface area contributed by atoms with Crippen LogP contribution in [-0.4, -0.2) is 41.8 Å². The number of rotatable bonds is 6. The molecule has 2 rings (SSSR count). The second kappa shape index (κ2) is 6.82. The fourth-order valence-electron chi connectivity index (χ4n) is 2.36. The number of ether oxygens (including phenoxy) is 1. The van der Waals surface area contributed by atoms with E-state index in [2.05, 4.69) is 34.4 Å². The highest BCUT2D eigenvalue weighted by Crippen LogP contribution is 2.16. The second-order valence-corrected chi connectivity index (χ2v) is 4.77. The van der Waals surface area contributed by atoms with Gasteiger partial charge in [-0.3, -0.25) is 4.98 Å². The Morgan fingerprint density at radius 2 is 2.16 bits per heavy atom. The normalized spacial score (nSPS) is 22.7. The van der Waals surface area contributed by atoms with E-state index in [1.54, 1.807) is 0 Å². The van der Waals surface area contributed by atoms with Crippen molar-refractivity contribution >= 4 is 5.82 Å². The molecule has 0 spiro atoms. The SMILES string of the molecule is CCOC1CNCC1Nc1nc(CC)cnc1CC. The summed E-state index contributed by atoms with van der Waals surface area (Å²) in [6.45, 7) is 8.78. The van der Waals surface area contributed by atoms with Crippen molar-refractivity contribution in [1.29, 1.82) is 0 Å². The van der Waals surface area contributed by atoms with E-state index in [9.17, 15) is 0 Å². The molecule has 2 unspecified atom stereocenters. The molecule has 1 fully saturated rings. The predicted octanol–water partition coefficient (Wildman–Crippen LogP) is 1.39. The van der Waals surface area contributed by atoms with Gasteiger partial charge in [-0.1, -0.05) is 13.8 Å². The summed E-state index contributed by atoms with van der Waals surface area (Å²) in [5.41, 5.74) is 2.05. The van der Waals surface area contributed by atoms with Crippen molar-refractivity contribution in [2.75, 3.05) is 25.0 Å². The molecule has 0 bridgehead atoms. The molecule has 1 saturated heterocycles. The summed E-state index contributed by atoms with van der Waals surface area (Å²) < 4.78 is 5.74. The largest absolute Gasteiger partial charge is 0.375 e. The van der Waals surface area contributed by atoms with Crippen molar-refractivity contribution in [2.24, 2.45) is 0 Å². The maximum Gasteiger partial charge on any atom is 0.148 e. The van der Waals surface area contributed by atoms with Crippen LogP contribution >= 0.6 is 0 Å². The Morgan fingerprint density at radius 3 is 2.84 bits per heavy atom. The van der Waals surface area contributed by atoms with E-state index in [4.69, 9.17) is 4.74 Å². The average molecular weight is 264 g/mol. The van der Waals surface area contributed by atoms with Gasteiger partial charge in [-0.05, 0) is 19.8 Å². The van der Waals surface area contributed by atoms with Gasteiger partial charge in [0.2, 0.25) is 0 Å². The molecule has 19 heavy (non-hydrogen) atoms. The predicted molar refractivity (Wildman–Crippen MR) is 76.5 cm³/mol. The minimum absolute atomic E-state index is 0.210. The van der Waals surface area contributed by atoms with Gasteiger partial charge in [0.1, 0.15) is 5.82 Å². The molecule has 1 aliphatic heterocycles. The zero-order valence-electron chi connectivity index (χ0n) is 12.1. The number of anilines is 1. The van der Waals surface area contributed by atoms with Crippen LogP contribution in [0.3, 0.4) is 0 Å². The van der Waals surface area contributed by atoms with Gasteiger partial charge in [0.15, 0.2) is 0 Å². The summed E-state index contributed by atoms with van der Waals surface area (Å²) in [6, 6.07) is 0.270. The van der Waals surface area contributed by atoms with Crippen molar-refractivity contribution in [3.05, 3.63) is 17.6 Å². The molecule has 1 aromatic heterocycles. The van der Waals surface area contributed by atoms with E-state index in [0.29, 0.717) is 0 Å². The fraction of sp³-hybridized carbons (Fsp3) is 0.714. The minimum atomic E-state index is 0.210. The molecule has 5 heteroatoms. The number of nitrogens with zero attached hydrogens (tertiary/aromatic N) is 2. The van der Waals surface area contributed by atoms with Crippen LogP contribution in [0.15, 0.2) is 6.20 Å². The van der Waals surface area contributed by atoms with Gasteiger partial charge in [0.05, 0.1) is 23.5 Å². The summed E-state index contributed by atoms with van der Waals surface area (Å²) in [4.78, 5) is 9.16. The molecule has 2 atom stereocenters. The van der Waals surface area contributed by atoms with Crippen LogP contribution in [0.4, 0.5) is 5.82 Å². The Balaban J connectivity index is 2.12. The molecule has 0 saturated carbocycles. The van der Waals surface area contributed by atoms with Crippen LogP contribution in [0.2, 0.25) is 0 Å². The molecule has 0 amide bonds. The van der Waals surface area contributed by atoms with Gasteiger partial charge < -0.3 is 15.4 Å². The lowest BCUT2D eigenvalue weighted by molar-refractivity contribution is 0.0709. The highest BCUT2D eigenvalue weighted by molar-refractivity contribution is 5.42. The number of aromatic nitrogens is 2. The quantitative estimate of drug-likeness (QED) is 0.813. The minimum Gasteiger partial charge on any atom is -0.375 e. The van der Waals surface area contributed by atoms with Crippen molar-refractivity contribution < 1.29 is 4.74 Å². The third-order valence-corrected chi connectivity index (χ3v) is 3.46. The van der Waals surface area contributed by atoms with Crippen molar-refractivity contribution in [1.82, 2.24) is 15.3 Å². The lowest BCUT2D eigenvalue weighted by Gasteiger charge is -2.21. The maximum absolute atomic E-state index is 5.74. The highest BCUT2D eigenvalue weighted by atomic mass is 16.5. The van der Waals surface area contributed by atoms with Crippen LogP contribution < -0.4 is 10.6 Å². The van der Waals surface area contributed by atoms with Crippen LogP contribution in [0, 0.1) is 0 Å². The highest BCUT2D eigenvalue weighted by Gasteiger charge is 2.28. The molecule has 5 nitrogen and oxygen atoms in total. The number of hydrogen-bond acceptors (Lipinski definition) is 5. The van der Waals surface area contributed by atoms with Crippen molar-refractivity contribution in [2.45, 2.75) is 45.8 Å². The number of hydrogen-bond donors (Lipinski definition) is 2. The molecule has 0 radical (unpaired) electrons. The lowest BCUT2D eigenvalue weighted by Crippen LogP contribution is -2.35. The number of nitrogens with one attached hydrogen (secondary N) is 2. The van der Waals surface area contributed by atoms with Crippen LogP contribution in [0.25, 0.3) is 0 Å². The summed E-state index contributed by atoms with van der Waals surface area (Å²) in [5.74, 6) is 0.917.